The number of carbonyl (C=O) groups excluding carboxylic acids is 2. The van der Waals surface area contributed by atoms with Crippen LogP contribution in [-0.4, -0.2) is 29.8 Å². The van der Waals surface area contributed by atoms with E-state index in [0.717, 1.165) is 30.0 Å². The van der Waals surface area contributed by atoms with Crippen molar-refractivity contribution in [3.05, 3.63) is 42.5 Å². The number of nitrogens with zero attached hydrogens (tertiary/aromatic N) is 1. The lowest BCUT2D eigenvalue weighted by Crippen LogP contribution is -2.40. The zero-order valence-electron chi connectivity index (χ0n) is 13.8. The summed E-state index contributed by atoms with van der Waals surface area (Å²) in [5, 5.41) is 4.86. The van der Waals surface area contributed by atoms with Gasteiger partial charge in [-0.1, -0.05) is 50.6 Å². The summed E-state index contributed by atoms with van der Waals surface area (Å²) in [6.45, 7) is 5.33. The topological polar surface area (TPSA) is 49.4 Å². The van der Waals surface area contributed by atoms with Crippen molar-refractivity contribution in [3.8, 4) is 0 Å². The van der Waals surface area contributed by atoms with Gasteiger partial charge < -0.3 is 10.2 Å². The summed E-state index contributed by atoms with van der Waals surface area (Å²) in [6, 6.07) is 13.6. The summed E-state index contributed by atoms with van der Waals surface area (Å²) in [5.41, 5.74) is 0.647. The minimum absolute atomic E-state index is 0.451. The first-order chi connectivity index (χ1) is 11.2. The van der Waals surface area contributed by atoms with Gasteiger partial charge in [-0.3, -0.25) is 9.59 Å². The Labute approximate surface area is 137 Å². The smallest absolute Gasteiger partial charge is 0.313 e. The molecule has 2 aromatic rings. The Morgan fingerprint density at radius 3 is 2.39 bits per heavy atom. The lowest BCUT2D eigenvalue weighted by Gasteiger charge is -2.21. The van der Waals surface area contributed by atoms with Crippen molar-refractivity contribution in [1.82, 2.24) is 4.90 Å². The molecule has 0 aliphatic rings. The number of unbranched alkanes of at least 4 members (excludes halogenated alkanes) is 1. The zero-order valence-corrected chi connectivity index (χ0v) is 13.8. The maximum atomic E-state index is 12.3. The quantitative estimate of drug-likeness (QED) is 0.824. The highest BCUT2D eigenvalue weighted by Gasteiger charge is 2.20. The van der Waals surface area contributed by atoms with Crippen molar-refractivity contribution in [3.63, 3.8) is 0 Å². The minimum atomic E-state index is -0.565. The van der Waals surface area contributed by atoms with Gasteiger partial charge in [0, 0.05) is 18.8 Å². The molecule has 0 saturated heterocycles. The van der Waals surface area contributed by atoms with Crippen LogP contribution in [0.1, 0.15) is 33.1 Å². The normalized spacial score (nSPS) is 10.5. The van der Waals surface area contributed by atoms with Crippen LogP contribution in [0.25, 0.3) is 10.8 Å². The monoisotopic (exact) mass is 312 g/mol. The molecule has 2 rings (SSSR count). The molecule has 0 bridgehead atoms. The molecule has 0 saturated carbocycles. The Kier molecular flexibility index (Phi) is 6.15. The molecule has 0 radical (unpaired) electrons. The van der Waals surface area contributed by atoms with Crippen molar-refractivity contribution in [2.24, 2.45) is 0 Å². The third-order valence-electron chi connectivity index (χ3n) is 3.76. The average molecular weight is 312 g/mol. The second kappa shape index (κ2) is 8.32. The van der Waals surface area contributed by atoms with Crippen LogP contribution in [0.3, 0.4) is 0 Å². The molecule has 4 heteroatoms. The Hall–Kier alpha value is -2.36. The fraction of sp³-hybridized carbons (Fsp3) is 0.368. The van der Waals surface area contributed by atoms with Crippen LogP contribution in [0.15, 0.2) is 42.5 Å². The first-order valence-corrected chi connectivity index (χ1v) is 8.24. The summed E-state index contributed by atoms with van der Waals surface area (Å²) in [7, 11) is 0. The number of hydrogen-bond donors (Lipinski definition) is 1. The summed E-state index contributed by atoms with van der Waals surface area (Å²) in [4.78, 5) is 26.2. The number of nitrogens with one attached hydrogen (secondary N) is 1. The SMILES string of the molecule is CCCCN(CCC)C(=O)C(=O)Nc1ccc2ccccc2c1. The molecule has 0 heterocycles. The van der Waals surface area contributed by atoms with Crippen LogP contribution in [0.4, 0.5) is 5.69 Å². The van der Waals surface area contributed by atoms with Crippen LogP contribution < -0.4 is 5.32 Å². The maximum Gasteiger partial charge on any atom is 0.313 e. The molecule has 4 nitrogen and oxygen atoms in total. The fourth-order valence-electron chi connectivity index (χ4n) is 2.53. The summed E-state index contributed by atoms with van der Waals surface area (Å²) < 4.78 is 0. The second-order valence-corrected chi connectivity index (χ2v) is 5.66. The molecule has 0 aliphatic carbocycles. The van der Waals surface area contributed by atoms with Crippen molar-refractivity contribution in [2.75, 3.05) is 18.4 Å². The van der Waals surface area contributed by atoms with Crippen molar-refractivity contribution < 1.29 is 9.59 Å². The van der Waals surface area contributed by atoms with Gasteiger partial charge in [-0.25, -0.2) is 0 Å². The summed E-state index contributed by atoms with van der Waals surface area (Å²) in [5.74, 6) is -1.02. The highest BCUT2D eigenvalue weighted by Crippen LogP contribution is 2.18. The van der Waals surface area contributed by atoms with E-state index in [0.29, 0.717) is 18.8 Å². The molecule has 0 unspecified atom stereocenters. The van der Waals surface area contributed by atoms with E-state index in [4.69, 9.17) is 0 Å². The predicted octanol–water partition coefficient (Wildman–Crippen LogP) is 3.82. The van der Waals surface area contributed by atoms with Gasteiger partial charge in [-0.2, -0.15) is 0 Å². The average Bonchev–Trinajstić information content (AvgIpc) is 2.57. The highest BCUT2D eigenvalue weighted by atomic mass is 16.2. The van der Waals surface area contributed by atoms with E-state index >= 15 is 0 Å². The molecule has 23 heavy (non-hydrogen) atoms. The van der Waals surface area contributed by atoms with Crippen LogP contribution in [0, 0.1) is 0 Å². The number of hydrogen-bond acceptors (Lipinski definition) is 2. The number of fused-ring (bicyclic) bond motifs is 1. The fourth-order valence-corrected chi connectivity index (χ4v) is 2.53. The lowest BCUT2D eigenvalue weighted by atomic mass is 10.1. The molecule has 0 atom stereocenters. The van der Waals surface area contributed by atoms with Gasteiger partial charge in [0.05, 0.1) is 0 Å². The van der Waals surface area contributed by atoms with E-state index in [2.05, 4.69) is 12.2 Å². The number of benzene rings is 2. The van der Waals surface area contributed by atoms with Crippen LogP contribution >= 0.6 is 0 Å². The Bertz CT molecular complexity index is 682. The molecule has 2 aromatic carbocycles. The lowest BCUT2D eigenvalue weighted by molar-refractivity contribution is -0.143. The van der Waals surface area contributed by atoms with Crippen molar-refractivity contribution in [2.45, 2.75) is 33.1 Å². The first kappa shape index (κ1) is 17.0. The molecule has 0 aromatic heterocycles. The number of amides is 2. The van der Waals surface area contributed by atoms with Gasteiger partial charge in [-0.05, 0) is 35.7 Å². The van der Waals surface area contributed by atoms with Gasteiger partial charge in [0.1, 0.15) is 0 Å². The molecule has 2 amide bonds. The van der Waals surface area contributed by atoms with Crippen molar-refractivity contribution >= 4 is 28.3 Å². The van der Waals surface area contributed by atoms with Gasteiger partial charge in [-0.15, -0.1) is 0 Å². The molecule has 122 valence electrons. The molecule has 0 spiro atoms. The predicted molar refractivity (Wildman–Crippen MR) is 94.4 cm³/mol. The number of carbonyl (C=O) groups is 2. The second-order valence-electron chi connectivity index (χ2n) is 5.66. The van der Waals surface area contributed by atoms with Gasteiger partial charge in [0.2, 0.25) is 0 Å². The largest absolute Gasteiger partial charge is 0.334 e. The Morgan fingerprint density at radius 1 is 0.957 bits per heavy atom. The summed E-state index contributed by atoms with van der Waals surface area (Å²) in [6.07, 6.45) is 2.76. The molecule has 0 fully saturated rings. The first-order valence-electron chi connectivity index (χ1n) is 8.24. The molecule has 1 N–H and O–H groups in total. The Balaban J connectivity index is 2.07. The number of anilines is 1. The molecular weight excluding hydrogens is 288 g/mol. The van der Waals surface area contributed by atoms with E-state index in [-0.39, 0.29) is 0 Å². The van der Waals surface area contributed by atoms with Crippen LogP contribution in [-0.2, 0) is 9.59 Å². The zero-order chi connectivity index (χ0) is 16.7. The molecule has 0 aliphatic heterocycles. The van der Waals surface area contributed by atoms with Gasteiger partial charge in [0.25, 0.3) is 0 Å². The standard InChI is InChI=1S/C19H24N2O2/c1-3-5-13-21(12-4-2)19(23)18(22)20-17-11-10-15-8-6-7-9-16(15)14-17/h6-11,14H,3-5,12-13H2,1-2H3,(H,20,22). The van der Waals surface area contributed by atoms with Gasteiger partial charge in [0.15, 0.2) is 0 Å². The molecular formula is C19H24N2O2. The maximum absolute atomic E-state index is 12.3. The van der Waals surface area contributed by atoms with E-state index in [1.54, 1.807) is 4.90 Å². The minimum Gasteiger partial charge on any atom is -0.334 e. The van der Waals surface area contributed by atoms with Gasteiger partial charge >= 0.3 is 11.8 Å². The Morgan fingerprint density at radius 2 is 1.70 bits per heavy atom. The van der Waals surface area contributed by atoms with E-state index < -0.39 is 11.8 Å². The number of rotatable bonds is 6. The van der Waals surface area contributed by atoms with Crippen LogP contribution in [0.2, 0.25) is 0 Å². The third-order valence-corrected chi connectivity index (χ3v) is 3.76. The summed E-state index contributed by atoms with van der Waals surface area (Å²) >= 11 is 0. The van der Waals surface area contributed by atoms with E-state index in [1.807, 2.05) is 49.4 Å². The van der Waals surface area contributed by atoms with Crippen molar-refractivity contribution in [1.29, 1.82) is 0 Å². The van der Waals surface area contributed by atoms with Crippen LogP contribution in [0.5, 0.6) is 0 Å². The highest BCUT2D eigenvalue weighted by molar-refractivity contribution is 6.39. The van der Waals surface area contributed by atoms with E-state index in [1.165, 1.54) is 0 Å². The van der Waals surface area contributed by atoms with E-state index in [9.17, 15) is 9.59 Å². The third kappa shape index (κ3) is 4.55.